The molecule has 1 aliphatic heterocycles. The highest BCUT2D eigenvalue weighted by molar-refractivity contribution is 5.74. The summed E-state index contributed by atoms with van der Waals surface area (Å²) < 4.78 is 5.96. The van der Waals surface area contributed by atoms with E-state index in [1.165, 1.54) is 0 Å². The van der Waals surface area contributed by atoms with Gasteiger partial charge in [0.2, 0.25) is 0 Å². The van der Waals surface area contributed by atoms with Crippen LogP contribution in [0.4, 0.5) is 4.79 Å². The van der Waals surface area contributed by atoms with Crippen LogP contribution in [0.25, 0.3) is 0 Å². The Kier molecular flexibility index (Phi) is 5.83. The summed E-state index contributed by atoms with van der Waals surface area (Å²) in [4.78, 5) is 12.0. The molecule has 1 aliphatic rings. The van der Waals surface area contributed by atoms with E-state index in [4.69, 9.17) is 9.84 Å². The van der Waals surface area contributed by atoms with Gasteiger partial charge in [-0.3, -0.25) is 0 Å². The Labute approximate surface area is 122 Å². The molecule has 2 atom stereocenters. The van der Waals surface area contributed by atoms with Crippen molar-refractivity contribution in [3.63, 3.8) is 0 Å². The standard InChI is InChI=1S/C15H30N2O3/c1-6-11(7-8-18)10-16-13(19)17-12-9-14(2,3)20-15(12,4)5/h11-12,18H,6-10H2,1-5H3,(H2,16,17,19). The second kappa shape index (κ2) is 6.76. The summed E-state index contributed by atoms with van der Waals surface area (Å²) in [6, 6.07) is -0.142. The number of hydrogen-bond acceptors (Lipinski definition) is 3. The van der Waals surface area contributed by atoms with E-state index in [9.17, 15) is 4.79 Å². The van der Waals surface area contributed by atoms with E-state index in [0.717, 1.165) is 19.3 Å². The summed E-state index contributed by atoms with van der Waals surface area (Å²) in [5, 5.41) is 14.8. The molecule has 0 spiro atoms. The molecule has 0 radical (unpaired) electrons. The van der Waals surface area contributed by atoms with Gasteiger partial charge >= 0.3 is 6.03 Å². The monoisotopic (exact) mass is 286 g/mol. The molecular formula is C15H30N2O3. The highest BCUT2D eigenvalue weighted by atomic mass is 16.5. The van der Waals surface area contributed by atoms with E-state index in [-0.39, 0.29) is 29.9 Å². The predicted molar refractivity (Wildman–Crippen MR) is 79.7 cm³/mol. The van der Waals surface area contributed by atoms with Crippen LogP contribution in [0.3, 0.4) is 0 Å². The van der Waals surface area contributed by atoms with Gasteiger partial charge in [0.1, 0.15) is 0 Å². The Morgan fingerprint density at radius 3 is 2.50 bits per heavy atom. The molecule has 0 aromatic rings. The summed E-state index contributed by atoms with van der Waals surface area (Å²) in [5.41, 5.74) is -0.555. The van der Waals surface area contributed by atoms with Crippen LogP contribution in [0.1, 0.15) is 53.9 Å². The number of urea groups is 1. The zero-order valence-corrected chi connectivity index (χ0v) is 13.5. The second-order valence-corrected chi connectivity index (χ2v) is 6.86. The average Bonchev–Trinajstić information content (AvgIpc) is 2.52. The highest BCUT2D eigenvalue weighted by Gasteiger charge is 2.46. The van der Waals surface area contributed by atoms with Crippen molar-refractivity contribution in [2.45, 2.75) is 71.1 Å². The smallest absolute Gasteiger partial charge is 0.315 e. The lowest BCUT2D eigenvalue weighted by atomic mass is 9.94. The topological polar surface area (TPSA) is 70.6 Å². The molecule has 0 saturated carbocycles. The van der Waals surface area contributed by atoms with Gasteiger partial charge in [-0.05, 0) is 46.5 Å². The lowest BCUT2D eigenvalue weighted by Gasteiger charge is -2.28. The molecule has 1 saturated heterocycles. The Bertz CT molecular complexity index is 329. The zero-order valence-electron chi connectivity index (χ0n) is 13.5. The van der Waals surface area contributed by atoms with Gasteiger partial charge in [-0.2, -0.15) is 0 Å². The summed E-state index contributed by atoms with van der Waals surface area (Å²) in [5.74, 6) is 0.329. The first-order chi connectivity index (χ1) is 9.20. The number of amides is 2. The number of hydrogen-bond donors (Lipinski definition) is 3. The Hall–Kier alpha value is -0.810. The van der Waals surface area contributed by atoms with E-state index in [0.29, 0.717) is 12.5 Å². The average molecular weight is 286 g/mol. The number of aliphatic hydroxyl groups excluding tert-OH is 1. The van der Waals surface area contributed by atoms with E-state index >= 15 is 0 Å². The summed E-state index contributed by atoms with van der Waals surface area (Å²) >= 11 is 0. The first-order valence-electron chi connectivity index (χ1n) is 7.55. The largest absolute Gasteiger partial charge is 0.396 e. The van der Waals surface area contributed by atoms with Crippen molar-refractivity contribution < 1.29 is 14.6 Å². The van der Waals surface area contributed by atoms with Crippen molar-refractivity contribution in [2.24, 2.45) is 5.92 Å². The SMILES string of the molecule is CCC(CCO)CNC(=O)NC1CC(C)(C)OC1(C)C. The van der Waals surface area contributed by atoms with E-state index in [1.54, 1.807) is 0 Å². The maximum atomic E-state index is 12.0. The fraction of sp³-hybridized carbons (Fsp3) is 0.933. The van der Waals surface area contributed by atoms with Gasteiger partial charge < -0.3 is 20.5 Å². The van der Waals surface area contributed by atoms with Crippen molar-refractivity contribution in [2.75, 3.05) is 13.2 Å². The fourth-order valence-corrected chi connectivity index (χ4v) is 2.87. The normalized spacial score (nSPS) is 25.2. The number of carbonyl (C=O) groups excluding carboxylic acids is 1. The van der Waals surface area contributed by atoms with Crippen LogP contribution in [0.2, 0.25) is 0 Å². The van der Waals surface area contributed by atoms with Crippen LogP contribution in [0.15, 0.2) is 0 Å². The minimum Gasteiger partial charge on any atom is -0.396 e. The quantitative estimate of drug-likeness (QED) is 0.700. The molecule has 0 aromatic carbocycles. The van der Waals surface area contributed by atoms with Crippen LogP contribution in [0.5, 0.6) is 0 Å². The van der Waals surface area contributed by atoms with Crippen LogP contribution in [-0.2, 0) is 4.74 Å². The summed E-state index contributed by atoms with van der Waals surface area (Å²) in [6.07, 6.45) is 2.48. The molecule has 2 amide bonds. The second-order valence-electron chi connectivity index (χ2n) is 6.86. The van der Waals surface area contributed by atoms with Crippen LogP contribution >= 0.6 is 0 Å². The minimum atomic E-state index is -0.351. The Balaban J connectivity index is 2.43. The number of carbonyl (C=O) groups is 1. The van der Waals surface area contributed by atoms with Gasteiger partial charge in [0.25, 0.3) is 0 Å². The van der Waals surface area contributed by atoms with Gasteiger partial charge in [-0.1, -0.05) is 13.3 Å². The van der Waals surface area contributed by atoms with E-state index in [2.05, 4.69) is 17.6 Å². The highest BCUT2D eigenvalue weighted by Crippen LogP contribution is 2.37. The summed E-state index contributed by atoms with van der Waals surface area (Å²) in [7, 11) is 0. The van der Waals surface area contributed by atoms with Gasteiger partial charge in [-0.25, -0.2) is 4.79 Å². The van der Waals surface area contributed by atoms with E-state index in [1.807, 2.05) is 27.7 Å². The van der Waals surface area contributed by atoms with Crippen LogP contribution in [-0.4, -0.2) is 41.5 Å². The third-order valence-corrected chi connectivity index (χ3v) is 4.05. The molecule has 0 bridgehead atoms. The molecule has 20 heavy (non-hydrogen) atoms. The van der Waals surface area contributed by atoms with E-state index < -0.39 is 0 Å². The van der Waals surface area contributed by atoms with Crippen molar-refractivity contribution in [3.8, 4) is 0 Å². The van der Waals surface area contributed by atoms with Crippen molar-refractivity contribution in [3.05, 3.63) is 0 Å². The molecular weight excluding hydrogens is 256 g/mol. The molecule has 5 nitrogen and oxygen atoms in total. The van der Waals surface area contributed by atoms with Gasteiger partial charge in [0.05, 0.1) is 17.2 Å². The lowest BCUT2D eigenvalue weighted by molar-refractivity contribution is -0.0690. The molecule has 0 aliphatic carbocycles. The van der Waals surface area contributed by atoms with Crippen molar-refractivity contribution in [1.82, 2.24) is 10.6 Å². The Morgan fingerprint density at radius 1 is 1.40 bits per heavy atom. The lowest BCUT2D eigenvalue weighted by Crippen LogP contribution is -2.50. The van der Waals surface area contributed by atoms with Gasteiger partial charge in [0.15, 0.2) is 0 Å². The number of aliphatic hydroxyl groups is 1. The number of rotatable bonds is 6. The number of nitrogens with one attached hydrogen (secondary N) is 2. The maximum absolute atomic E-state index is 12.0. The van der Waals surface area contributed by atoms with Crippen LogP contribution < -0.4 is 10.6 Å². The van der Waals surface area contributed by atoms with Crippen molar-refractivity contribution in [1.29, 1.82) is 0 Å². The third kappa shape index (κ3) is 4.94. The first kappa shape index (κ1) is 17.2. The number of ether oxygens (including phenoxy) is 1. The van der Waals surface area contributed by atoms with Crippen LogP contribution in [0, 0.1) is 5.92 Å². The summed E-state index contributed by atoms with van der Waals surface area (Å²) in [6.45, 7) is 10.9. The zero-order chi connectivity index (χ0) is 15.4. The minimum absolute atomic E-state index is 0.00965. The molecule has 5 heteroatoms. The molecule has 118 valence electrons. The first-order valence-corrected chi connectivity index (χ1v) is 7.55. The molecule has 1 rings (SSSR count). The van der Waals surface area contributed by atoms with Gasteiger partial charge in [0, 0.05) is 13.2 Å². The molecule has 1 heterocycles. The third-order valence-electron chi connectivity index (χ3n) is 4.05. The maximum Gasteiger partial charge on any atom is 0.315 e. The molecule has 2 unspecified atom stereocenters. The van der Waals surface area contributed by atoms with Gasteiger partial charge in [-0.15, -0.1) is 0 Å². The molecule has 0 aromatic heterocycles. The molecule has 1 fully saturated rings. The molecule has 3 N–H and O–H groups in total. The Morgan fingerprint density at radius 2 is 2.05 bits per heavy atom. The fourth-order valence-electron chi connectivity index (χ4n) is 2.87. The predicted octanol–water partition coefficient (Wildman–Crippen LogP) is 2.04. The van der Waals surface area contributed by atoms with Crippen molar-refractivity contribution >= 4 is 6.03 Å².